The molecule has 1 unspecified atom stereocenters. The molecule has 2 aromatic carbocycles. The van der Waals surface area contributed by atoms with Crippen molar-refractivity contribution in [1.82, 2.24) is 0 Å². The number of aryl methyl sites for hydroxylation is 1. The highest BCUT2D eigenvalue weighted by Gasteiger charge is 2.45. The summed E-state index contributed by atoms with van der Waals surface area (Å²) >= 11 is 0.855. The number of nitrogens with zero attached hydrogens (tertiary/aromatic N) is 2. The number of hydrogen-bond donors (Lipinski definition) is 0. The average molecular weight is 340 g/mol. The lowest BCUT2D eigenvalue weighted by molar-refractivity contribution is -0.121. The zero-order valence-electron chi connectivity index (χ0n) is 13.3. The third kappa shape index (κ3) is 2.92. The quantitative estimate of drug-likeness (QED) is 0.857. The molecule has 0 N–H and O–H groups in total. The monoisotopic (exact) mass is 340 g/mol. The first-order valence-corrected chi connectivity index (χ1v) is 8.33. The van der Waals surface area contributed by atoms with E-state index in [1.807, 2.05) is 25.1 Å². The van der Waals surface area contributed by atoms with Crippen molar-refractivity contribution in [3.8, 4) is 0 Å². The summed E-state index contributed by atoms with van der Waals surface area (Å²) in [4.78, 5) is 39.8. The Kier molecular flexibility index (Phi) is 4.40. The number of thioether (sulfide) groups is 1. The van der Waals surface area contributed by atoms with E-state index in [2.05, 4.69) is 0 Å². The van der Waals surface area contributed by atoms with Crippen LogP contribution in [0.3, 0.4) is 0 Å². The van der Waals surface area contributed by atoms with Crippen molar-refractivity contribution >= 4 is 40.2 Å². The van der Waals surface area contributed by atoms with Gasteiger partial charge in [0.25, 0.3) is 11.1 Å². The van der Waals surface area contributed by atoms with E-state index in [1.165, 1.54) is 11.8 Å². The van der Waals surface area contributed by atoms with Crippen LogP contribution in [0.1, 0.15) is 12.5 Å². The number of anilines is 2. The first kappa shape index (κ1) is 16.3. The fourth-order valence-corrected chi connectivity index (χ4v) is 3.63. The van der Waals surface area contributed by atoms with Gasteiger partial charge in [-0.3, -0.25) is 19.3 Å². The molecule has 1 fully saturated rings. The summed E-state index contributed by atoms with van der Waals surface area (Å²) in [6.45, 7) is 3.32. The van der Waals surface area contributed by atoms with Gasteiger partial charge in [-0.2, -0.15) is 0 Å². The lowest BCUT2D eigenvalue weighted by atomic mass is 10.2. The third-order valence-corrected chi connectivity index (χ3v) is 4.75. The maximum Gasteiger partial charge on any atom is 0.295 e. The van der Waals surface area contributed by atoms with Gasteiger partial charge in [-0.05, 0) is 43.0 Å². The van der Waals surface area contributed by atoms with Gasteiger partial charge in [0.1, 0.15) is 0 Å². The number of carbonyl (C=O) groups is 3. The van der Waals surface area contributed by atoms with Crippen LogP contribution >= 0.6 is 11.8 Å². The molecule has 3 amide bonds. The van der Waals surface area contributed by atoms with E-state index in [1.54, 1.807) is 36.4 Å². The number of hydrogen-bond acceptors (Lipinski definition) is 4. The zero-order chi connectivity index (χ0) is 17.3. The van der Waals surface area contributed by atoms with E-state index >= 15 is 0 Å². The molecule has 5 nitrogen and oxygen atoms in total. The molecule has 0 bridgehead atoms. The summed E-state index contributed by atoms with van der Waals surface area (Å²) in [6.07, 6.45) is 0. The van der Waals surface area contributed by atoms with E-state index < -0.39 is 11.3 Å². The standard InChI is InChI=1S/C18H16N2O3S/c1-12-8-10-15(11-9-12)20-16(22)17(24-18(20)23)19(13(2)21)14-6-4-3-5-7-14/h3-11,17H,1-2H3. The van der Waals surface area contributed by atoms with Crippen LogP contribution in [0.25, 0.3) is 0 Å². The lowest BCUT2D eigenvalue weighted by Crippen LogP contribution is -2.44. The van der Waals surface area contributed by atoms with Crippen LogP contribution in [-0.4, -0.2) is 22.4 Å². The fraction of sp³-hybridized carbons (Fsp3) is 0.167. The highest BCUT2D eigenvalue weighted by molar-refractivity contribution is 8.16. The number of amides is 3. The second-order valence-electron chi connectivity index (χ2n) is 5.47. The van der Waals surface area contributed by atoms with Gasteiger partial charge in [-0.1, -0.05) is 35.9 Å². The molecule has 0 aromatic heterocycles. The topological polar surface area (TPSA) is 57.7 Å². The molecule has 0 saturated carbocycles. The van der Waals surface area contributed by atoms with Gasteiger partial charge in [0, 0.05) is 12.6 Å². The maximum absolute atomic E-state index is 12.8. The summed E-state index contributed by atoms with van der Waals surface area (Å²) in [6, 6.07) is 16.0. The van der Waals surface area contributed by atoms with Gasteiger partial charge >= 0.3 is 0 Å². The minimum atomic E-state index is -0.890. The normalized spacial score (nSPS) is 17.2. The van der Waals surface area contributed by atoms with Gasteiger partial charge in [0.15, 0.2) is 5.37 Å². The molecular formula is C18H16N2O3S. The van der Waals surface area contributed by atoms with Crippen LogP contribution in [0.2, 0.25) is 0 Å². The molecule has 2 aromatic rings. The van der Waals surface area contributed by atoms with Crippen LogP contribution in [0.15, 0.2) is 54.6 Å². The van der Waals surface area contributed by atoms with Gasteiger partial charge in [0.05, 0.1) is 5.69 Å². The second-order valence-corrected chi connectivity index (χ2v) is 6.50. The van der Waals surface area contributed by atoms with Crippen LogP contribution in [0, 0.1) is 6.92 Å². The SMILES string of the molecule is CC(=O)N(c1ccccc1)C1SC(=O)N(c2ccc(C)cc2)C1=O. The first-order valence-electron chi connectivity index (χ1n) is 7.45. The van der Waals surface area contributed by atoms with E-state index in [0.717, 1.165) is 22.2 Å². The Morgan fingerprint density at radius 3 is 2.25 bits per heavy atom. The predicted molar refractivity (Wildman–Crippen MR) is 95.0 cm³/mol. The van der Waals surface area contributed by atoms with Crippen molar-refractivity contribution in [3.05, 3.63) is 60.2 Å². The van der Waals surface area contributed by atoms with Crippen molar-refractivity contribution in [3.63, 3.8) is 0 Å². The Labute approximate surface area is 144 Å². The first-order chi connectivity index (χ1) is 11.5. The van der Waals surface area contributed by atoms with E-state index in [0.29, 0.717) is 11.4 Å². The molecule has 122 valence electrons. The average Bonchev–Trinajstić information content (AvgIpc) is 2.84. The van der Waals surface area contributed by atoms with Gasteiger partial charge < -0.3 is 0 Å². The van der Waals surface area contributed by atoms with Crippen LogP contribution < -0.4 is 9.80 Å². The molecule has 1 aliphatic rings. The van der Waals surface area contributed by atoms with Crippen molar-refractivity contribution < 1.29 is 14.4 Å². The van der Waals surface area contributed by atoms with Crippen molar-refractivity contribution in [2.45, 2.75) is 19.2 Å². The molecule has 24 heavy (non-hydrogen) atoms. The third-order valence-electron chi connectivity index (χ3n) is 3.73. The van der Waals surface area contributed by atoms with Crippen LogP contribution in [-0.2, 0) is 9.59 Å². The largest absolute Gasteiger partial charge is 0.295 e. The highest BCUT2D eigenvalue weighted by Crippen LogP contribution is 2.35. The Balaban J connectivity index is 1.95. The number of para-hydroxylation sites is 1. The van der Waals surface area contributed by atoms with Crippen molar-refractivity contribution in [1.29, 1.82) is 0 Å². The van der Waals surface area contributed by atoms with E-state index in [-0.39, 0.29) is 11.1 Å². The maximum atomic E-state index is 12.8. The van der Waals surface area contributed by atoms with Crippen LogP contribution in [0.5, 0.6) is 0 Å². The Morgan fingerprint density at radius 2 is 1.67 bits per heavy atom. The summed E-state index contributed by atoms with van der Waals surface area (Å²) in [5.74, 6) is -0.696. The number of benzene rings is 2. The zero-order valence-corrected chi connectivity index (χ0v) is 14.1. The molecule has 6 heteroatoms. The van der Waals surface area contributed by atoms with Gasteiger partial charge in [-0.15, -0.1) is 0 Å². The fourth-order valence-electron chi connectivity index (χ4n) is 2.56. The van der Waals surface area contributed by atoms with Gasteiger partial charge in [0.2, 0.25) is 5.91 Å². The van der Waals surface area contributed by atoms with E-state index in [4.69, 9.17) is 0 Å². The van der Waals surface area contributed by atoms with Crippen LogP contribution in [0.4, 0.5) is 16.2 Å². The molecule has 0 radical (unpaired) electrons. The second kappa shape index (κ2) is 6.49. The minimum Gasteiger partial charge on any atom is -0.290 e. The lowest BCUT2D eigenvalue weighted by Gasteiger charge is -2.25. The molecule has 1 heterocycles. The Hall–Kier alpha value is -2.60. The molecule has 0 aliphatic carbocycles. The summed E-state index contributed by atoms with van der Waals surface area (Å²) in [5.41, 5.74) is 2.15. The number of carbonyl (C=O) groups excluding carboxylic acids is 3. The number of imide groups is 1. The number of rotatable bonds is 3. The summed E-state index contributed by atoms with van der Waals surface area (Å²) in [7, 11) is 0. The molecule has 1 atom stereocenters. The molecule has 0 spiro atoms. The predicted octanol–water partition coefficient (Wildman–Crippen LogP) is 3.57. The van der Waals surface area contributed by atoms with Gasteiger partial charge in [-0.25, -0.2) is 4.90 Å². The van der Waals surface area contributed by atoms with Crippen molar-refractivity contribution in [2.24, 2.45) is 0 Å². The van der Waals surface area contributed by atoms with E-state index in [9.17, 15) is 14.4 Å². The summed E-state index contributed by atoms with van der Waals surface area (Å²) < 4.78 is 0. The molecular weight excluding hydrogens is 324 g/mol. The molecule has 1 aliphatic heterocycles. The summed E-state index contributed by atoms with van der Waals surface area (Å²) in [5, 5.41) is -1.27. The molecule has 1 saturated heterocycles. The highest BCUT2D eigenvalue weighted by atomic mass is 32.2. The minimum absolute atomic E-state index is 0.286. The molecule has 3 rings (SSSR count). The van der Waals surface area contributed by atoms with Crippen molar-refractivity contribution in [2.75, 3.05) is 9.80 Å². The Morgan fingerprint density at radius 1 is 1.04 bits per heavy atom. The Bertz CT molecular complexity index is 790. The smallest absolute Gasteiger partial charge is 0.290 e.